The summed E-state index contributed by atoms with van der Waals surface area (Å²) in [5, 5.41) is 6.94. The third kappa shape index (κ3) is 4.58. The molecule has 0 aliphatic carbocycles. The summed E-state index contributed by atoms with van der Waals surface area (Å²) in [5.74, 6) is -0.127. The molecule has 2 nitrogen and oxygen atoms in total. The van der Waals surface area contributed by atoms with Crippen LogP contribution < -0.4 is 5.32 Å². The van der Waals surface area contributed by atoms with Crippen LogP contribution in [0.5, 0.6) is 0 Å². The Labute approximate surface area is 143 Å². The van der Waals surface area contributed by atoms with Crippen LogP contribution in [0.15, 0.2) is 87.3 Å². The summed E-state index contributed by atoms with van der Waals surface area (Å²) in [6.45, 7) is 0. The van der Waals surface area contributed by atoms with Gasteiger partial charge in [-0.1, -0.05) is 42.1 Å². The van der Waals surface area contributed by atoms with Gasteiger partial charge < -0.3 is 5.32 Å². The molecule has 0 aliphatic heterocycles. The quantitative estimate of drug-likeness (QED) is 0.618. The summed E-state index contributed by atoms with van der Waals surface area (Å²) in [7, 11) is 0. The predicted molar refractivity (Wildman–Crippen MR) is 99.0 cm³/mol. The van der Waals surface area contributed by atoms with Gasteiger partial charge in [-0.15, -0.1) is 0 Å². The number of anilines is 1. The first-order valence-corrected chi connectivity index (χ1v) is 8.90. The van der Waals surface area contributed by atoms with E-state index in [4.69, 9.17) is 0 Å². The van der Waals surface area contributed by atoms with Crippen molar-refractivity contribution in [2.24, 2.45) is 0 Å². The largest absolute Gasteiger partial charge is 0.321 e. The van der Waals surface area contributed by atoms with Gasteiger partial charge >= 0.3 is 0 Å². The SMILES string of the molecule is O=C(/C=C/c1ccsc1)Nc1ccccc1Sc1ccccc1. The van der Waals surface area contributed by atoms with E-state index in [0.717, 1.165) is 21.0 Å². The number of para-hydroxylation sites is 1. The summed E-state index contributed by atoms with van der Waals surface area (Å²) < 4.78 is 0. The molecule has 0 unspecified atom stereocenters. The average molecular weight is 337 g/mol. The highest BCUT2D eigenvalue weighted by atomic mass is 32.2. The third-order valence-corrected chi connectivity index (χ3v) is 4.87. The minimum absolute atomic E-state index is 0.127. The van der Waals surface area contributed by atoms with E-state index in [-0.39, 0.29) is 5.91 Å². The topological polar surface area (TPSA) is 29.1 Å². The van der Waals surface area contributed by atoms with Crippen LogP contribution in [0, 0.1) is 0 Å². The van der Waals surface area contributed by atoms with Gasteiger partial charge in [0.25, 0.3) is 0 Å². The Morgan fingerprint density at radius 1 is 1.00 bits per heavy atom. The smallest absolute Gasteiger partial charge is 0.248 e. The van der Waals surface area contributed by atoms with Crippen LogP contribution in [-0.4, -0.2) is 5.91 Å². The maximum atomic E-state index is 12.1. The number of hydrogen-bond acceptors (Lipinski definition) is 3. The molecular weight excluding hydrogens is 322 g/mol. The Morgan fingerprint density at radius 2 is 1.78 bits per heavy atom. The van der Waals surface area contributed by atoms with E-state index in [2.05, 4.69) is 17.4 Å². The molecule has 4 heteroatoms. The van der Waals surface area contributed by atoms with E-state index < -0.39 is 0 Å². The zero-order valence-corrected chi connectivity index (χ0v) is 13.9. The molecule has 0 radical (unpaired) electrons. The highest BCUT2D eigenvalue weighted by Crippen LogP contribution is 2.33. The Morgan fingerprint density at radius 3 is 2.57 bits per heavy atom. The van der Waals surface area contributed by atoms with Crippen molar-refractivity contribution in [1.29, 1.82) is 0 Å². The van der Waals surface area contributed by atoms with Crippen LogP contribution in [0.2, 0.25) is 0 Å². The lowest BCUT2D eigenvalue weighted by molar-refractivity contribution is -0.111. The first-order chi connectivity index (χ1) is 11.3. The Bertz CT molecular complexity index is 795. The second-order valence-electron chi connectivity index (χ2n) is 4.79. The van der Waals surface area contributed by atoms with Crippen LogP contribution in [-0.2, 0) is 4.79 Å². The first kappa shape index (κ1) is 15.6. The number of amides is 1. The summed E-state index contributed by atoms with van der Waals surface area (Å²) in [6, 6.07) is 19.9. The molecule has 0 spiro atoms. The second kappa shape index (κ2) is 7.81. The van der Waals surface area contributed by atoms with Crippen molar-refractivity contribution in [3.8, 4) is 0 Å². The van der Waals surface area contributed by atoms with E-state index in [1.54, 1.807) is 29.2 Å². The number of carbonyl (C=O) groups is 1. The lowest BCUT2D eigenvalue weighted by atomic mass is 10.3. The molecule has 2 aromatic carbocycles. The van der Waals surface area contributed by atoms with Gasteiger partial charge in [-0.05, 0) is 52.7 Å². The fourth-order valence-corrected chi connectivity index (χ4v) is 3.54. The fraction of sp³-hybridized carbons (Fsp3) is 0. The number of benzene rings is 2. The van der Waals surface area contributed by atoms with E-state index in [1.165, 1.54) is 0 Å². The second-order valence-corrected chi connectivity index (χ2v) is 6.69. The molecule has 1 aromatic heterocycles. The molecule has 3 rings (SSSR count). The summed E-state index contributed by atoms with van der Waals surface area (Å²) in [6.07, 6.45) is 3.38. The van der Waals surface area contributed by atoms with Crippen molar-refractivity contribution in [3.05, 3.63) is 83.1 Å². The minimum atomic E-state index is -0.127. The molecule has 23 heavy (non-hydrogen) atoms. The van der Waals surface area contributed by atoms with Crippen molar-refractivity contribution < 1.29 is 4.79 Å². The molecule has 0 aliphatic rings. The van der Waals surface area contributed by atoms with Gasteiger partial charge in [0, 0.05) is 15.9 Å². The molecule has 0 saturated heterocycles. The van der Waals surface area contributed by atoms with Crippen molar-refractivity contribution in [2.75, 3.05) is 5.32 Å². The van der Waals surface area contributed by atoms with Gasteiger partial charge in [0.05, 0.1) is 5.69 Å². The highest BCUT2D eigenvalue weighted by molar-refractivity contribution is 7.99. The minimum Gasteiger partial charge on any atom is -0.321 e. The Balaban J connectivity index is 1.71. The lowest BCUT2D eigenvalue weighted by Crippen LogP contribution is -2.08. The van der Waals surface area contributed by atoms with Gasteiger partial charge in [-0.2, -0.15) is 11.3 Å². The van der Waals surface area contributed by atoms with Gasteiger partial charge in [-0.3, -0.25) is 4.79 Å². The van der Waals surface area contributed by atoms with Crippen molar-refractivity contribution in [3.63, 3.8) is 0 Å². The van der Waals surface area contributed by atoms with Crippen LogP contribution in [0.3, 0.4) is 0 Å². The summed E-state index contributed by atoms with van der Waals surface area (Å²) >= 11 is 3.25. The number of rotatable bonds is 5. The Kier molecular flexibility index (Phi) is 5.29. The fourth-order valence-electron chi connectivity index (χ4n) is 1.99. The zero-order chi connectivity index (χ0) is 15.9. The summed E-state index contributed by atoms with van der Waals surface area (Å²) in [4.78, 5) is 14.3. The Hall–Kier alpha value is -2.30. The van der Waals surface area contributed by atoms with Crippen LogP contribution in [0.25, 0.3) is 6.08 Å². The van der Waals surface area contributed by atoms with Crippen molar-refractivity contribution in [1.82, 2.24) is 0 Å². The maximum Gasteiger partial charge on any atom is 0.248 e. The number of nitrogens with one attached hydrogen (secondary N) is 1. The van der Waals surface area contributed by atoms with Gasteiger partial charge in [0.2, 0.25) is 5.91 Å². The molecule has 1 heterocycles. The van der Waals surface area contributed by atoms with E-state index in [9.17, 15) is 4.79 Å². The predicted octanol–water partition coefficient (Wildman–Crippen LogP) is 5.55. The monoisotopic (exact) mass is 337 g/mol. The normalized spacial score (nSPS) is 10.8. The molecule has 1 amide bonds. The number of carbonyl (C=O) groups excluding carboxylic acids is 1. The van der Waals surface area contributed by atoms with Gasteiger partial charge in [0.1, 0.15) is 0 Å². The van der Waals surface area contributed by atoms with Crippen LogP contribution >= 0.6 is 23.1 Å². The van der Waals surface area contributed by atoms with Gasteiger partial charge in [0.15, 0.2) is 0 Å². The zero-order valence-electron chi connectivity index (χ0n) is 12.3. The molecule has 1 N–H and O–H groups in total. The average Bonchev–Trinajstić information content (AvgIpc) is 3.09. The first-order valence-electron chi connectivity index (χ1n) is 7.14. The standard InChI is InChI=1S/C19H15NOS2/c21-19(11-10-15-12-13-22-14-15)20-17-8-4-5-9-18(17)23-16-6-2-1-3-7-16/h1-14H,(H,20,21)/b11-10+. The molecule has 0 saturated carbocycles. The molecular formula is C19H15NOS2. The van der Waals surface area contributed by atoms with Crippen LogP contribution in [0.1, 0.15) is 5.56 Å². The van der Waals surface area contributed by atoms with E-state index in [1.807, 2.05) is 65.4 Å². The van der Waals surface area contributed by atoms with Crippen molar-refractivity contribution >= 4 is 40.8 Å². The number of hydrogen-bond donors (Lipinski definition) is 1. The van der Waals surface area contributed by atoms with Crippen molar-refractivity contribution in [2.45, 2.75) is 9.79 Å². The summed E-state index contributed by atoms with van der Waals surface area (Å²) in [5.41, 5.74) is 1.86. The lowest BCUT2D eigenvalue weighted by Gasteiger charge is -2.09. The van der Waals surface area contributed by atoms with Gasteiger partial charge in [-0.25, -0.2) is 0 Å². The molecule has 3 aromatic rings. The molecule has 0 atom stereocenters. The maximum absolute atomic E-state index is 12.1. The van der Waals surface area contributed by atoms with E-state index in [0.29, 0.717) is 0 Å². The number of thiophene rings is 1. The molecule has 0 bridgehead atoms. The third-order valence-electron chi connectivity index (χ3n) is 3.09. The molecule has 0 fully saturated rings. The highest BCUT2D eigenvalue weighted by Gasteiger charge is 2.06. The van der Waals surface area contributed by atoms with E-state index >= 15 is 0 Å². The molecule has 114 valence electrons. The van der Waals surface area contributed by atoms with Crippen LogP contribution in [0.4, 0.5) is 5.69 Å².